The Morgan fingerprint density at radius 2 is 2.20 bits per heavy atom. The zero-order chi connectivity index (χ0) is 14.7. The van der Waals surface area contributed by atoms with Gasteiger partial charge in [-0.15, -0.1) is 11.8 Å². The number of carboxylic acid groups (broad SMARTS) is 1. The molecule has 0 aliphatic carbocycles. The van der Waals surface area contributed by atoms with Crippen LogP contribution in [0, 0.1) is 0 Å². The summed E-state index contributed by atoms with van der Waals surface area (Å²) in [6.07, 6.45) is 0. The second kappa shape index (κ2) is 6.50. The molecule has 4 nitrogen and oxygen atoms in total. The van der Waals surface area contributed by atoms with E-state index in [1.165, 1.54) is 0 Å². The largest absolute Gasteiger partial charge is 0.478 e. The van der Waals surface area contributed by atoms with Crippen molar-refractivity contribution in [1.82, 2.24) is 4.90 Å². The van der Waals surface area contributed by atoms with Crippen molar-refractivity contribution in [3.63, 3.8) is 0 Å². The summed E-state index contributed by atoms with van der Waals surface area (Å²) in [4.78, 5) is 17.1. The molecule has 1 atom stereocenters. The Kier molecular flexibility index (Phi) is 4.94. The van der Waals surface area contributed by atoms with Crippen LogP contribution in [0.2, 0.25) is 0 Å². The van der Waals surface area contributed by atoms with E-state index in [-0.39, 0.29) is 0 Å². The highest BCUT2D eigenvalue weighted by molar-refractivity contribution is 7.99. The van der Waals surface area contributed by atoms with Gasteiger partial charge in [-0.05, 0) is 31.9 Å². The van der Waals surface area contributed by atoms with Crippen molar-refractivity contribution in [1.29, 1.82) is 0 Å². The molecule has 1 aliphatic rings. The molecular weight excluding hydrogens is 272 g/mol. The van der Waals surface area contributed by atoms with E-state index in [0.29, 0.717) is 11.6 Å². The first-order valence-electron chi connectivity index (χ1n) is 6.98. The first-order valence-corrected chi connectivity index (χ1v) is 7.97. The molecular formula is C15H22N2O2S. The van der Waals surface area contributed by atoms with Crippen molar-refractivity contribution in [2.45, 2.75) is 24.8 Å². The third kappa shape index (κ3) is 3.10. The SMILES string of the molecule is CCSc1cccc(N2CCN(C)CC2C)c1C(=O)O. The number of rotatable bonds is 4. The van der Waals surface area contributed by atoms with Crippen LogP contribution in [0.25, 0.3) is 0 Å². The van der Waals surface area contributed by atoms with Crippen molar-refractivity contribution in [2.75, 3.05) is 37.3 Å². The average Bonchev–Trinajstić information content (AvgIpc) is 2.38. The Morgan fingerprint density at radius 3 is 2.80 bits per heavy atom. The molecule has 1 N–H and O–H groups in total. The number of aromatic carboxylic acids is 1. The van der Waals surface area contributed by atoms with Crippen molar-refractivity contribution in [3.8, 4) is 0 Å². The van der Waals surface area contributed by atoms with Crippen LogP contribution in [-0.2, 0) is 0 Å². The van der Waals surface area contributed by atoms with Gasteiger partial charge < -0.3 is 14.9 Å². The van der Waals surface area contributed by atoms with E-state index < -0.39 is 5.97 Å². The maximum Gasteiger partial charge on any atom is 0.338 e. The quantitative estimate of drug-likeness (QED) is 0.865. The molecule has 1 heterocycles. The predicted octanol–water partition coefficient (Wildman–Crippen LogP) is 2.64. The summed E-state index contributed by atoms with van der Waals surface area (Å²) in [5.74, 6) is 0.0462. The number of piperazine rings is 1. The summed E-state index contributed by atoms with van der Waals surface area (Å²) in [6.45, 7) is 7.00. The van der Waals surface area contributed by atoms with Gasteiger partial charge in [0.15, 0.2) is 0 Å². The highest BCUT2D eigenvalue weighted by atomic mass is 32.2. The predicted molar refractivity (Wildman–Crippen MR) is 84.1 cm³/mol. The molecule has 1 saturated heterocycles. The Morgan fingerprint density at radius 1 is 1.45 bits per heavy atom. The lowest BCUT2D eigenvalue weighted by molar-refractivity contribution is 0.0693. The number of hydrogen-bond donors (Lipinski definition) is 1. The molecule has 1 unspecified atom stereocenters. The van der Waals surface area contributed by atoms with Crippen LogP contribution in [-0.4, -0.2) is 54.5 Å². The maximum absolute atomic E-state index is 11.7. The van der Waals surface area contributed by atoms with E-state index >= 15 is 0 Å². The number of anilines is 1. The molecule has 2 rings (SSSR count). The summed E-state index contributed by atoms with van der Waals surface area (Å²) in [6, 6.07) is 6.13. The molecule has 0 bridgehead atoms. The van der Waals surface area contributed by atoms with Gasteiger partial charge in [0.1, 0.15) is 0 Å². The highest BCUT2D eigenvalue weighted by Crippen LogP contribution is 2.32. The number of hydrogen-bond acceptors (Lipinski definition) is 4. The second-order valence-corrected chi connectivity index (χ2v) is 6.50. The van der Waals surface area contributed by atoms with Crippen LogP contribution in [0.3, 0.4) is 0 Å². The van der Waals surface area contributed by atoms with Gasteiger partial charge in [0, 0.05) is 30.6 Å². The molecule has 110 valence electrons. The van der Waals surface area contributed by atoms with E-state index in [0.717, 1.165) is 36.0 Å². The van der Waals surface area contributed by atoms with Gasteiger partial charge in [-0.1, -0.05) is 13.0 Å². The van der Waals surface area contributed by atoms with E-state index in [1.54, 1.807) is 11.8 Å². The van der Waals surface area contributed by atoms with Gasteiger partial charge in [0.25, 0.3) is 0 Å². The van der Waals surface area contributed by atoms with Crippen LogP contribution in [0.4, 0.5) is 5.69 Å². The molecule has 1 aliphatic heterocycles. The minimum absolute atomic E-state index is 0.328. The molecule has 0 radical (unpaired) electrons. The van der Waals surface area contributed by atoms with Crippen LogP contribution in [0.1, 0.15) is 24.2 Å². The summed E-state index contributed by atoms with van der Waals surface area (Å²) in [5.41, 5.74) is 1.31. The Hall–Kier alpha value is -1.20. The van der Waals surface area contributed by atoms with E-state index in [9.17, 15) is 9.90 Å². The molecule has 0 spiro atoms. The van der Waals surface area contributed by atoms with Gasteiger partial charge in [0.2, 0.25) is 0 Å². The minimum atomic E-state index is -0.831. The summed E-state index contributed by atoms with van der Waals surface area (Å²) >= 11 is 1.59. The fraction of sp³-hybridized carbons (Fsp3) is 0.533. The van der Waals surface area contributed by atoms with Crippen LogP contribution >= 0.6 is 11.8 Å². The van der Waals surface area contributed by atoms with Gasteiger partial charge in [0.05, 0.1) is 11.3 Å². The molecule has 1 aromatic carbocycles. The molecule has 5 heteroatoms. The maximum atomic E-state index is 11.7. The van der Waals surface area contributed by atoms with Crippen LogP contribution in [0.5, 0.6) is 0 Å². The number of carbonyl (C=O) groups is 1. The minimum Gasteiger partial charge on any atom is -0.478 e. The third-order valence-corrected chi connectivity index (χ3v) is 4.60. The molecule has 0 saturated carbocycles. The normalized spacial score (nSPS) is 20.1. The molecule has 1 fully saturated rings. The van der Waals surface area contributed by atoms with Gasteiger partial charge in [-0.25, -0.2) is 4.79 Å². The monoisotopic (exact) mass is 294 g/mol. The molecule has 0 amide bonds. The number of nitrogens with zero attached hydrogens (tertiary/aromatic N) is 2. The van der Waals surface area contributed by atoms with E-state index in [4.69, 9.17) is 0 Å². The number of benzene rings is 1. The first-order chi connectivity index (χ1) is 9.54. The lowest BCUT2D eigenvalue weighted by Crippen LogP contribution is -2.51. The molecule has 1 aromatic rings. The number of likely N-dealkylation sites (N-methyl/N-ethyl adjacent to an activating group) is 1. The highest BCUT2D eigenvalue weighted by Gasteiger charge is 2.26. The summed E-state index contributed by atoms with van der Waals surface area (Å²) < 4.78 is 0. The Labute approximate surface area is 124 Å². The van der Waals surface area contributed by atoms with Crippen LogP contribution < -0.4 is 4.90 Å². The second-order valence-electron chi connectivity index (χ2n) is 5.19. The fourth-order valence-electron chi connectivity index (χ4n) is 2.75. The van der Waals surface area contributed by atoms with Gasteiger partial charge in [-0.3, -0.25) is 0 Å². The molecule has 20 heavy (non-hydrogen) atoms. The Bertz CT molecular complexity index is 493. The Balaban J connectivity index is 2.40. The standard InChI is InChI=1S/C15H22N2O2S/c1-4-20-13-7-5-6-12(14(13)15(18)19)17-9-8-16(3)10-11(17)2/h5-7,11H,4,8-10H2,1-3H3,(H,18,19). The van der Waals surface area contributed by atoms with Crippen molar-refractivity contribution >= 4 is 23.4 Å². The van der Waals surface area contributed by atoms with E-state index in [1.807, 2.05) is 25.1 Å². The lowest BCUT2D eigenvalue weighted by Gasteiger charge is -2.40. The van der Waals surface area contributed by atoms with Gasteiger partial charge in [-0.2, -0.15) is 0 Å². The zero-order valence-corrected chi connectivity index (χ0v) is 13.1. The van der Waals surface area contributed by atoms with Crippen molar-refractivity contribution in [3.05, 3.63) is 23.8 Å². The third-order valence-electron chi connectivity index (χ3n) is 3.66. The van der Waals surface area contributed by atoms with Crippen LogP contribution in [0.15, 0.2) is 23.1 Å². The smallest absolute Gasteiger partial charge is 0.338 e. The van der Waals surface area contributed by atoms with Crippen molar-refractivity contribution < 1.29 is 9.90 Å². The zero-order valence-electron chi connectivity index (χ0n) is 12.3. The molecule has 0 aromatic heterocycles. The number of carboxylic acids is 1. The van der Waals surface area contributed by atoms with Gasteiger partial charge >= 0.3 is 5.97 Å². The summed E-state index contributed by atoms with van der Waals surface area (Å²) in [7, 11) is 2.11. The van der Waals surface area contributed by atoms with Crippen molar-refractivity contribution in [2.24, 2.45) is 0 Å². The average molecular weight is 294 g/mol. The number of thioether (sulfide) groups is 1. The lowest BCUT2D eigenvalue weighted by atomic mass is 10.1. The summed E-state index contributed by atoms with van der Waals surface area (Å²) in [5, 5.41) is 9.59. The van der Waals surface area contributed by atoms with E-state index in [2.05, 4.69) is 23.8 Å². The first kappa shape index (κ1) is 15.2. The topological polar surface area (TPSA) is 43.8 Å². The fourth-order valence-corrected chi connectivity index (χ4v) is 3.57.